The first kappa shape index (κ1) is 11.5. The lowest BCUT2D eigenvalue weighted by atomic mass is 10.1. The van der Waals surface area contributed by atoms with E-state index in [4.69, 9.17) is 16.7 Å². The van der Waals surface area contributed by atoms with Crippen LogP contribution in [-0.4, -0.2) is 21.5 Å². The highest BCUT2D eigenvalue weighted by atomic mass is 35.5. The lowest BCUT2D eigenvalue weighted by molar-refractivity contribution is 0.235. The van der Waals surface area contributed by atoms with E-state index in [0.717, 1.165) is 29.3 Å². The first-order valence-corrected chi connectivity index (χ1v) is 5.29. The molecule has 80 valence electrons. The average molecular weight is 217 g/mol. The molecule has 3 nitrogen and oxygen atoms in total. The number of aliphatic hydroxyl groups excluding tert-OH is 1. The SMILES string of the molecule is CCc1nn(C)c(CC(C)CO)c1Cl. The van der Waals surface area contributed by atoms with Crippen LogP contribution in [0.2, 0.25) is 5.02 Å². The molecule has 1 aromatic heterocycles. The van der Waals surface area contributed by atoms with Gasteiger partial charge in [0, 0.05) is 13.7 Å². The smallest absolute Gasteiger partial charge is 0.0849 e. The minimum absolute atomic E-state index is 0.183. The Morgan fingerprint density at radius 1 is 1.57 bits per heavy atom. The zero-order chi connectivity index (χ0) is 10.7. The molecule has 1 N–H and O–H groups in total. The van der Waals surface area contributed by atoms with Crippen molar-refractivity contribution >= 4 is 11.6 Å². The Balaban J connectivity index is 2.90. The third-order valence-corrected chi connectivity index (χ3v) is 2.79. The molecule has 14 heavy (non-hydrogen) atoms. The molecule has 0 aliphatic rings. The van der Waals surface area contributed by atoms with Gasteiger partial charge in [0.1, 0.15) is 0 Å². The molecule has 1 atom stereocenters. The van der Waals surface area contributed by atoms with Crippen molar-refractivity contribution in [3.63, 3.8) is 0 Å². The van der Waals surface area contributed by atoms with Crippen LogP contribution in [0.25, 0.3) is 0 Å². The second kappa shape index (κ2) is 4.80. The third-order valence-electron chi connectivity index (χ3n) is 2.36. The van der Waals surface area contributed by atoms with Gasteiger partial charge in [-0.2, -0.15) is 5.10 Å². The molecule has 1 rings (SSSR count). The van der Waals surface area contributed by atoms with E-state index in [1.165, 1.54) is 0 Å². The van der Waals surface area contributed by atoms with Crippen LogP contribution in [0.4, 0.5) is 0 Å². The van der Waals surface area contributed by atoms with Crippen LogP contribution in [-0.2, 0) is 19.9 Å². The van der Waals surface area contributed by atoms with Crippen LogP contribution in [0.15, 0.2) is 0 Å². The van der Waals surface area contributed by atoms with Crippen LogP contribution in [0.1, 0.15) is 25.2 Å². The van der Waals surface area contributed by atoms with Crippen molar-refractivity contribution in [1.82, 2.24) is 9.78 Å². The second-order valence-electron chi connectivity index (χ2n) is 3.68. The molecule has 0 spiro atoms. The summed E-state index contributed by atoms with van der Waals surface area (Å²) in [6, 6.07) is 0. The van der Waals surface area contributed by atoms with Crippen molar-refractivity contribution in [2.24, 2.45) is 13.0 Å². The van der Waals surface area contributed by atoms with Crippen LogP contribution < -0.4 is 0 Å². The van der Waals surface area contributed by atoms with Gasteiger partial charge < -0.3 is 5.11 Å². The van der Waals surface area contributed by atoms with Crippen molar-refractivity contribution in [2.45, 2.75) is 26.7 Å². The van der Waals surface area contributed by atoms with Gasteiger partial charge in [-0.3, -0.25) is 4.68 Å². The van der Waals surface area contributed by atoms with Crippen molar-refractivity contribution in [3.05, 3.63) is 16.4 Å². The Morgan fingerprint density at radius 2 is 2.21 bits per heavy atom. The highest BCUT2D eigenvalue weighted by molar-refractivity contribution is 6.31. The van der Waals surface area contributed by atoms with E-state index >= 15 is 0 Å². The standard InChI is InChI=1S/C10H17ClN2O/c1-4-8-10(11)9(13(3)12-8)5-7(2)6-14/h7,14H,4-6H2,1-3H3. The quantitative estimate of drug-likeness (QED) is 0.834. The molecule has 0 aliphatic heterocycles. The molecule has 0 radical (unpaired) electrons. The van der Waals surface area contributed by atoms with Gasteiger partial charge in [-0.1, -0.05) is 25.4 Å². The predicted octanol–water partition coefficient (Wildman–Crippen LogP) is 1.81. The maximum absolute atomic E-state index is 8.97. The zero-order valence-electron chi connectivity index (χ0n) is 8.92. The number of aromatic nitrogens is 2. The van der Waals surface area contributed by atoms with Crippen molar-refractivity contribution in [2.75, 3.05) is 6.61 Å². The summed E-state index contributed by atoms with van der Waals surface area (Å²) in [5, 5.41) is 14.0. The molecular weight excluding hydrogens is 200 g/mol. The van der Waals surface area contributed by atoms with E-state index in [1.54, 1.807) is 0 Å². The fraction of sp³-hybridized carbons (Fsp3) is 0.700. The van der Waals surface area contributed by atoms with Gasteiger partial charge in [0.2, 0.25) is 0 Å². The van der Waals surface area contributed by atoms with Crippen LogP contribution in [0.5, 0.6) is 0 Å². The van der Waals surface area contributed by atoms with Gasteiger partial charge >= 0.3 is 0 Å². The number of aliphatic hydroxyl groups is 1. The second-order valence-corrected chi connectivity index (χ2v) is 4.05. The molecule has 0 aromatic carbocycles. The maximum atomic E-state index is 8.97. The summed E-state index contributed by atoms with van der Waals surface area (Å²) in [6.07, 6.45) is 1.62. The van der Waals surface area contributed by atoms with E-state index in [2.05, 4.69) is 5.10 Å². The minimum atomic E-state index is 0.183. The molecule has 0 saturated carbocycles. The fourth-order valence-electron chi connectivity index (χ4n) is 1.44. The zero-order valence-corrected chi connectivity index (χ0v) is 9.67. The highest BCUT2D eigenvalue weighted by Crippen LogP contribution is 2.23. The van der Waals surface area contributed by atoms with E-state index in [1.807, 2.05) is 25.6 Å². The van der Waals surface area contributed by atoms with Gasteiger partial charge in [0.25, 0.3) is 0 Å². The predicted molar refractivity (Wildman–Crippen MR) is 57.5 cm³/mol. The first-order chi connectivity index (χ1) is 6.60. The summed E-state index contributed by atoms with van der Waals surface area (Å²) < 4.78 is 1.81. The van der Waals surface area contributed by atoms with Crippen LogP contribution >= 0.6 is 11.6 Å². The number of rotatable bonds is 4. The molecular formula is C10H17ClN2O. The summed E-state index contributed by atoms with van der Waals surface area (Å²) in [5.74, 6) is 0.229. The van der Waals surface area contributed by atoms with Crippen LogP contribution in [0.3, 0.4) is 0 Å². The van der Waals surface area contributed by atoms with Gasteiger partial charge in [-0.05, 0) is 18.8 Å². The molecule has 0 amide bonds. The van der Waals surface area contributed by atoms with Crippen LogP contribution in [0, 0.1) is 5.92 Å². The fourth-order valence-corrected chi connectivity index (χ4v) is 1.81. The normalized spacial score (nSPS) is 13.2. The topological polar surface area (TPSA) is 38.0 Å². The van der Waals surface area contributed by atoms with Gasteiger partial charge in [-0.15, -0.1) is 0 Å². The Kier molecular flexibility index (Phi) is 3.96. The number of hydrogen-bond donors (Lipinski definition) is 1. The highest BCUT2D eigenvalue weighted by Gasteiger charge is 2.14. The Morgan fingerprint density at radius 3 is 2.64 bits per heavy atom. The number of nitrogens with zero attached hydrogens (tertiary/aromatic N) is 2. The van der Waals surface area contributed by atoms with E-state index in [-0.39, 0.29) is 12.5 Å². The molecule has 0 saturated heterocycles. The largest absolute Gasteiger partial charge is 0.396 e. The van der Waals surface area contributed by atoms with Gasteiger partial charge in [0.15, 0.2) is 0 Å². The molecule has 1 heterocycles. The van der Waals surface area contributed by atoms with Gasteiger partial charge in [-0.25, -0.2) is 0 Å². The first-order valence-electron chi connectivity index (χ1n) is 4.91. The molecule has 0 fully saturated rings. The average Bonchev–Trinajstić information content (AvgIpc) is 2.44. The summed E-state index contributed by atoms with van der Waals surface area (Å²) in [4.78, 5) is 0. The maximum Gasteiger partial charge on any atom is 0.0849 e. The summed E-state index contributed by atoms with van der Waals surface area (Å²) in [5.41, 5.74) is 1.96. The Hall–Kier alpha value is -0.540. The van der Waals surface area contributed by atoms with Gasteiger partial charge in [0.05, 0.1) is 16.4 Å². The van der Waals surface area contributed by atoms with E-state index in [0.29, 0.717) is 0 Å². The number of hydrogen-bond acceptors (Lipinski definition) is 2. The number of halogens is 1. The molecule has 4 heteroatoms. The van der Waals surface area contributed by atoms with Crippen molar-refractivity contribution in [1.29, 1.82) is 0 Å². The molecule has 1 aromatic rings. The monoisotopic (exact) mass is 216 g/mol. The Bertz CT molecular complexity index is 309. The van der Waals surface area contributed by atoms with E-state index in [9.17, 15) is 0 Å². The third kappa shape index (κ3) is 2.28. The summed E-state index contributed by atoms with van der Waals surface area (Å²) in [7, 11) is 1.89. The molecule has 1 unspecified atom stereocenters. The minimum Gasteiger partial charge on any atom is -0.396 e. The number of aryl methyl sites for hydroxylation is 2. The summed E-state index contributed by atoms with van der Waals surface area (Å²) in [6.45, 7) is 4.21. The molecule has 0 bridgehead atoms. The lowest BCUT2D eigenvalue weighted by Gasteiger charge is -2.07. The van der Waals surface area contributed by atoms with E-state index < -0.39 is 0 Å². The summed E-state index contributed by atoms with van der Waals surface area (Å²) >= 11 is 6.17. The lowest BCUT2D eigenvalue weighted by Crippen LogP contribution is -2.08. The molecule has 0 aliphatic carbocycles. The van der Waals surface area contributed by atoms with Crippen molar-refractivity contribution in [3.8, 4) is 0 Å². The Labute approximate surface area is 89.7 Å². The van der Waals surface area contributed by atoms with Crippen molar-refractivity contribution < 1.29 is 5.11 Å².